The summed E-state index contributed by atoms with van der Waals surface area (Å²) in [5, 5.41) is 4.20. The van der Waals surface area contributed by atoms with E-state index in [-0.39, 0.29) is 6.04 Å². The number of halogens is 3. The molecule has 1 atom stereocenters. The van der Waals surface area contributed by atoms with Gasteiger partial charge in [-0.05, 0) is 53.7 Å². The molecule has 1 heterocycles. The molecule has 0 aliphatic carbocycles. The molecular formula is C14H14BrCl2NO. The van der Waals surface area contributed by atoms with Crippen LogP contribution in [0.5, 0.6) is 0 Å². The lowest BCUT2D eigenvalue weighted by atomic mass is 10.1. The van der Waals surface area contributed by atoms with Gasteiger partial charge in [0.05, 0.1) is 16.1 Å². The van der Waals surface area contributed by atoms with Crippen LogP contribution < -0.4 is 5.32 Å². The van der Waals surface area contributed by atoms with Crippen molar-refractivity contribution in [1.29, 1.82) is 0 Å². The molecule has 0 radical (unpaired) electrons. The lowest BCUT2D eigenvalue weighted by Gasteiger charge is -2.10. The molecule has 2 rings (SSSR count). The minimum Gasteiger partial charge on any atom is -0.459 e. The Balaban J connectivity index is 2.41. The highest BCUT2D eigenvalue weighted by atomic mass is 79.9. The molecule has 0 saturated heterocycles. The lowest BCUT2D eigenvalue weighted by molar-refractivity contribution is 0.431. The van der Waals surface area contributed by atoms with E-state index in [0.29, 0.717) is 10.0 Å². The van der Waals surface area contributed by atoms with Crippen LogP contribution in [0, 0.1) is 0 Å². The summed E-state index contributed by atoms with van der Waals surface area (Å²) >= 11 is 15.7. The van der Waals surface area contributed by atoms with E-state index in [1.54, 1.807) is 0 Å². The molecule has 1 N–H and O–H groups in total. The number of furan rings is 1. The first-order valence-corrected chi connectivity index (χ1v) is 7.54. The zero-order valence-electron chi connectivity index (χ0n) is 10.6. The first-order chi connectivity index (χ1) is 9.08. The highest BCUT2D eigenvalue weighted by Crippen LogP contribution is 2.39. The van der Waals surface area contributed by atoms with Gasteiger partial charge in [-0.25, -0.2) is 0 Å². The van der Waals surface area contributed by atoms with Gasteiger partial charge in [0.1, 0.15) is 11.5 Å². The Morgan fingerprint density at radius 3 is 2.58 bits per heavy atom. The Bertz CT molecular complexity index is 579. The van der Waals surface area contributed by atoms with Crippen LogP contribution in [0.3, 0.4) is 0 Å². The van der Waals surface area contributed by atoms with Crippen molar-refractivity contribution in [2.24, 2.45) is 0 Å². The smallest absolute Gasteiger partial charge is 0.135 e. The first-order valence-electron chi connectivity index (χ1n) is 5.99. The number of nitrogens with one attached hydrogen (secondary N) is 1. The van der Waals surface area contributed by atoms with Gasteiger partial charge in [-0.3, -0.25) is 0 Å². The number of hydrogen-bond acceptors (Lipinski definition) is 2. The summed E-state index contributed by atoms with van der Waals surface area (Å²) in [6.45, 7) is 2.10. The van der Waals surface area contributed by atoms with Gasteiger partial charge in [0.2, 0.25) is 0 Å². The molecule has 0 fully saturated rings. The van der Waals surface area contributed by atoms with Crippen LogP contribution in [0.25, 0.3) is 11.3 Å². The molecule has 19 heavy (non-hydrogen) atoms. The molecular weight excluding hydrogens is 349 g/mol. The van der Waals surface area contributed by atoms with Crippen molar-refractivity contribution in [2.75, 3.05) is 7.05 Å². The van der Waals surface area contributed by atoms with Crippen molar-refractivity contribution in [3.05, 3.63) is 44.5 Å². The summed E-state index contributed by atoms with van der Waals surface area (Å²) in [4.78, 5) is 0. The van der Waals surface area contributed by atoms with Crippen LogP contribution in [0.1, 0.15) is 25.1 Å². The molecule has 0 aliphatic heterocycles. The summed E-state index contributed by atoms with van der Waals surface area (Å²) in [6, 6.07) is 7.84. The van der Waals surface area contributed by atoms with Gasteiger partial charge in [0, 0.05) is 10.0 Å². The maximum Gasteiger partial charge on any atom is 0.135 e. The molecule has 102 valence electrons. The molecule has 0 amide bonds. The predicted octanol–water partition coefficient (Wildman–Crippen LogP) is 5.69. The summed E-state index contributed by atoms with van der Waals surface area (Å²) < 4.78 is 6.64. The van der Waals surface area contributed by atoms with Crippen molar-refractivity contribution in [3.8, 4) is 11.3 Å². The second-order valence-electron chi connectivity index (χ2n) is 4.17. The first kappa shape index (κ1) is 14.9. The van der Waals surface area contributed by atoms with Crippen molar-refractivity contribution < 1.29 is 4.42 Å². The highest BCUT2D eigenvalue weighted by molar-refractivity contribution is 9.10. The van der Waals surface area contributed by atoms with Crippen molar-refractivity contribution in [1.82, 2.24) is 5.32 Å². The van der Waals surface area contributed by atoms with Crippen LogP contribution in [0.4, 0.5) is 0 Å². The minimum atomic E-state index is 0.207. The van der Waals surface area contributed by atoms with Crippen LogP contribution in [0.2, 0.25) is 10.0 Å². The molecule has 0 bridgehead atoms. The molecule has 5 heteroatoms. The maximum absolute atomic E-state index is 6.25. The summed E-state index contributed by atoms with van der Waals surface area (Å²) in [6.07, 6.45) is 0.957. The van der Waals surface area contributed by atoms with Crippen molar-refractivity contribution >= 4 is 39.1 Å². The highest BCUT2D eigenvalue weighted by Gasteiger charge is 2.16. The monoisotopic (exact) mass is 361 g/mol. The van der Waals surface area contributed by atoms with E-state index >= 15 is 0 Å². The summed E-state index contributed by atoms with van der Waals surface area (Å²) in [5.41, 5.74) is 0.798. The average Bonchev–Trinajstić information content (AvgIpc) is 2.87. The summed E-state index contributed by atoms with van der Waals surface area (Å²) in [5.74, 6) is 1.62. The fraction of sp³-hybridized carbons (Fsp3) is 0.286. The number of hydrogen-bond donors (Lipinski definition) is 1. The molecule has 0 saturated carbocycles. The van der Waals surface area contributed by atoms with Crippen LogP contribution >= 0.6 is 39.1 Å². The number of benzene rings is 1. The van der Waals surface area contributed by atoms with E-state index in [9.17, 15) is 0 Å². The van der Waals surface area contributed by atoms with E-state index in [4.69, 9.17) is 27.6 Å². The van der Waals surface area contributed by atoms with Gasteiger partial charge >= 0.3 is 0 Å². The molecule has 1 aromatic heterocycles. The largest absolute Gasteiger partial charge is 0.459 e. The quantitative estimate of drug-likeness (QED) is 0.707. The van der Waals surface area contributed by atoms with Gasteiger partial charge in [-0.2, -0.15) is 0 Å². The molecule has 1 aromatic carbocycles. The predicted molar refractivity (Wildman–Crippen MR) is 84.0 cm³/mol. The Morgan fingerprint density at radius 1 is 1.21 bits per heavy atom. The zero-order valence-corrected chi connectivity index (χ0v) is 13.7. The molecule has 2 nitrogen and oxygen atoms in total. The SMILES string of the molecule is CCC(NC)c1ccc(-c2ccc(Br)c(Cl)c2Cl)o1. The maximum atomic E-state index is 6.25. The molecule has 2 aromatic rings. The molecule has 0 spiro atoms. The minimum absolute atomic E-state index is 0.207. The van der Waals surface area contributed by atoms with E-state index in [1.165, 1.54) is 0 Å². The average molecular weight is 363 g/mol. The lowest BCUT2D eigenvalue weighted by Crippen LogP contribution is -2.14. The third-order valence-electron chi connectivity index (χ3n) is 3.03. The van der Waals surface area contributed by atoms with Gasteiger partial charge in [0.25, 0.3) is 0 Å². The Labute approximate surface area is 131 Å². The second kappa shape index (κ2) is 6.31. The number of rotatable bonds is 4. The van der Waals surface area contributed by atoms with Crippen LogP contribution in [0.15, 0.2) is 33.2 Å². The van der Waals surface area contributed by atoms with Crippen LogP contribution in [-0.2, 0) is 0 Å². The third kappa shape index (κ3) is 3.00. The normalized spacial score (nSPS) is 12.7. The fourth-order valence-corrected chi connectivity index (χ4v) is 2.82. The topological polar surface area (TPSA) is 25.2 Å². The van der Waals surface area contributed by atoms with Crippen LogP contribution in [-0.4, -0.2) is 7.05 Å². The molecule has 1 unspecified atom stereocenters. The van der Waals surface area contributed by atoms with E-state index in [1.807, 2.05) is 31.3 Å². The Morgan fingerprint density at radius 2 is 1.95 bits per heavy atom. The van der Waals surface area contributed by atoms with Crippen molar-refractivity contribution in [3.63, 3.8) is 0 Å². The van der Waals surface area contributed by atoms with Crippen molar-refractivity contribution in [2.45, 2.75) is 19.4 Å². The fourth-order valence-electron chi connectivity index (χ4n) is 1.95. The van der Waals surface area contributed by atoms with E-state index in [0.717, 1.165) is 28.0 Å². The van der Waals surface area contributed by atoms with E-state index < -0.39 is 0 Å². The van der Waals surface area contributed by atoms with Gasteiger partial charge < -0.3 is 9.73 Å². The summed E-state index contributed by atoms with van der Waals surface area (Å²) in [7, 11) is 1.92. The van der Waals surface area contributed by atoms with Gasteiger partial charge in [0.15, 0.2) is 0 Å². The second-order valence-corrected chi connectivity index (χ2v) is 5.78. The van der Waals surface area contributed by atoms with Gasteiger partial charge in [-0.1, -0.05) is 30.1 Å². The molecule has 0 aliphatic rings. The standard InChI is InChI=1S/C14H14BrCl2NO/c1-3-10(18-2)12-7-6-11(19-12)8-4-5-9(15)14(17)13(8)16/h4-7,10,18H,3H2,1-2H3. The Hall–Kier alpha value is -0.480. The zero-order chi connectivity index (χ0) is 14.0. The Kier molecular flexibility index (Phi) is 4.96. The van der Waals surface area contributed by atoms with Gasteiger partial charge in [-0.15, -0.1) is 0 Å². The third-order valence-corrected chi connectivity index (χ3v) is 4.80. The van der Waals surface area contributed by atoms with E-state index in [2.05, 4.69) is 28.2 Å².